The van der Waals surface area contributed by atoms with Gasteiger partial charge in [-0.1, -0.05) is 48.5 Å². The summed E-state index contributed by atoms with van der Waals surface area (Å²) in [6.45, 7) is 0. The van der Waals surface area contributed by atoms with Crippen molar-refractivity contribution in [3.05, 3.63) is 65.7 Å². The van der Waals surface area contributed by atoms with E-state index in [0.29, 0.717) is 16.9 Å². The molecule has 0 unspecified atom stereocenters. The molecule has 5 heteroatoms. The number of benzene rings is 2. The first-order valence-corrected chi connectivity index (χ1v) is 7.61. The Bertz CT molecular complexity index is 857. The Morgan fingerprint density at radius 3 is 2.42 bits per heavy atom. The normalized spacial score (nSPS) is 26.6. The molecule has 0 N–H and O–H groups in total. The lowest BCUT2D eigenvalue weighted by Crippen LogP contribution is -2.37. The van der Waals surface area contributed by atoms with Gasteiger partial charge in [-0.25, -0.2) is 0 Å². The van der Waals surface area contributed by atoms with Gasteiger partial charge in [0.05, 0.1) is 13.0 Å². The van der Waals surface area contributed by atoms with E-state index in [9.17, 15) is 14.4 Å². The van der Waals surface area contributed by atoms with Gasteiger partial charge in [-0.15, -0.1) is 0 Å². The van der Waals surface area contributed by atoms with Gasteiger partial charge in [-0.3, -0.25) is 14.4 Å². The Hall–Kier alpha value is -2.95. The molecular weight excluding hydrogens is 308 g/mol. The molecule has 0 spiro atoms. The molecule has 1 saturated carbocycles. The van der Waals surface area contributed by atoms with Gasteiger partial charge in [-0.2, -0.15) is 0 Å². The standard InChI is InChI=1S/C19H14O5/c1-23-17(21)19-14(12-9-5-6-10-13(12)24-18(19)22)15(19)16(20)11-7-3-2-4-8-11/h2-10,14-15H,1H3/t14-,15-,19-/m1/s1. The Kier molecular flexibility index (Phi) is 3.06. The molecule has 4 rings (SSSR count). The summed E-state index contributed by atoms with van der Waals surface area (Å²) < 4.78 is 10.2. The molecule has 24 heavy (non-hydrogen) atoms. The first-order chi connectivity index (χ1) is 11.6. The van der Waals surface area contributed by atoms with Crippen molar-refractivity contribution in [1.82, 2.24) is 0 Å². The van der Waals surface area contributed by atoms with Crippen molar-refractivity contribution in [3.63, 3.8) is 0 Å². The minimum absolute atomic E-state index is 0.250. The van der Waals surface area contributed by atoms with E-state index in [0.717, 1.165) is 0 Å². The third-order valence-corrected chi connectivity index (χ3v) is 4.86. The monoisotopic (exact) mass is 322 g/mol. The number of rotatable bonds is 3. The molecule has 1 aliphatic carbocycles. The Morgan fingerprint density at radius 2 is 1.71 bits per heavy atom. The predicted molar refractivity (Wildman–Crippen MR) is 83.5 cm³/mol. The number of carbonyl (C=O) groups excluding carboxylic acids is 3. The molecule has 0 bridgehead atoms. The van der Waals surface area contributed by atoms with E-state index in [4.69, 9.17) is 9.47 Å². The molecule has 2 aromatic carbocycles. The largest absolute Gasteiger partial charge is 0.468 e. The van der Waals surface area contributed by atoms with Crippen LogP contribution in [0.5, 0.6) is 5.75 Å². The van der Waals surface area contributed by atoms with E-state index in [1.54, 1.807) is 54.6 Å². The lowest BCUT2D eigenvalue weighted by molar-refractivity contribution is -0.159. The van der Waals surface area contributed by atoms with Crippen molar-refractivity contribution in [2.75, 3.05) is 7.11 Å². The highest BCUT2D eigenvalue weighted by molar-refractivity contribution is 6.17. The molecule has 1 aliphatic heterocycles. The van der Waals surface area contributed by atoms with Gasteiger partial charge in [0, 0.05) is 17.0 Å². The van der Waals surface area contributed by atoms with Crippen LogP contribution in [-0.2, 0) is 14.3 Å². The highest BCUT2D eigenvalue weighted by Gasteiger charge is 2.81. The smallest absolute Gasteiger partial charge is 0.330 e. The highest BCUT2D eigenvalue weighted by atomic mass is 16.6. The number of methoxy groups -OCH3 is 1. The quantitative estimate of drug-likeness (QED) is 0.375. The summed E-state index contributed by atoms with van der Waals surface area (Å²) in [5.41, 5.74) is -0.419. The number of hydrogen-bond donors (Lipinski definition) is 0. The maximum Gasteiger partial charge on any atom is 0.330 e. The number of fused-ring (bicyclic) bond motifs is 3. The fraction of sp³-hybridized carbons (Fsp3) is 0.211. The number of ketones is 1. The number of Topliss-reactive ketones (excluding diaryl/α,β-unsaturated/α-hetero) is 1. The topological polar surface area (TPSA) is 69.7 Å². The van der Waals surface area contributed by atoms with Crippen LogP contribution >= 0.6 is 0 Å². The zero-order valence-corrected chi connectivity index (χ0v) is 12.9. The number of hydrogen-bond acceptors (Lipinski definition) is 5. The third-order valence-electron chi connectivity index (χ3n) is 4.86. The molecule has 2 aliphatic rings. The summed E-state index contributed by atoms with van der Waals surface area (Å²) >= 11 is 0. The molecule has 1 heterocycles. The molecule has 1 fully saturated rings. The summed E-state index contributed by atoms with van der Waals surface area (Å²) in [6, 6.07) is 15.6. The van der Waals surface area contributed by atoms with Crippen LogP contribution in [0, 0.1) is 11.3 Å². The van der Waals surface area contributed by atoms with Crippen LogP contribution in [0.15, 0.2) is 54.6 Å². The fourth-order valence-electron chi connectivity index (χ4n) is 3.73. The van der Waals surface area contributed by atoms with Crippen molar-refractivity contribution in [3.8, 4) is 5.75 Å². The third kappa shape index (κ3) is 1.72. The van der Waals surface area contributed by atoms with Crippen molar-refractivity contribution < 1.29 is 23.9 Å². The van der Waals surface area contributed by atoms with Gasteiger partial charge in [0.1, 0.15) is 5.75 Å². The molecule has 0 radical (unpaired) electrons. The van der Waals surface area contributed by atoms with E-state index in [1.165, 1.54) is 7.11 Å². The van der Waals surface area contributed by atoms with E-state index >= 15 is 0 Å². The first kappa shape index (κ1) is 14.6. The summed E-state index contributed by atoms with van der Waals surface area (Å²) in [5.74, 6) is -2.64. The van der Waals surface area contributed by atoms with Crippen LogP contribution in [0.3, 0.4) is 0 Å². The van der Waals surface area contributed by atoms with Gasteiger partial charge in [0.25, 0.3) is 0 Å². The lowest BCUT2D eigenvalue weighted by atomic mass is 9.95. The first-order valence-electron chi connectivity index (χ1n) is 7.61. The molecule has 120 valence electrons. The second-order valence-corrected chi connectivity index (χ2v) is 5.97. The van der Waals surface area contributed by atoms with Crippen LogP contribution in [0.2, 0.25) is 0 Å². The molecular formula is C19H14O5. The summed E-state index contributed by atoms with van der Waals surface area (Å²) in [4.78, 5) is 38.0. The molecule has 5 nitrogen and oxygen atoms in total. The summed E-state index contributed by atoms with van der Waals surface area (Å²) in [5, 5.41) is 0. The molecule has 0 aromatic heterocycles. The van der Waals surface area contributed by atoms with Crippen molar-refractivity contribution in [1.29, 1.82) is 0 Å². The summed E-state index contributed by atoms with van der Waals surface area (Å²) in [6.07, 6.45) is 0. The SMILES string of the molecule is COC(=O)[C@@]12C(=O)Oc3ccccc3[C@@H]1[C@@H]2C(=O)c1ccccc1. The van der Waals surface area contributed by atoms with Crippen LogP contribution in [0.4, 0.5) is 0 Å². The minimum atomic E-state index is -1.57. The van der Waals surface area contributed by atoms with Gasteiger partial charge in [-0.05, 0) is 6.07 Å². The number of carbonyl (C=O) groups is 3. The minimum Gasteiger partial charge on any atom is -0.468 e. The van der Waals surface area contributed by atoms with Crippen molar-refractivity contribution in [2.45, 2.75) is 5.92 Å². The average Bonchev–Trinajstić information content (AvgIpc) is 3.33. The van der Waals surface area contributed by atoms with Crippen molar-refractivity contribution in [2.24, 2.45) is 11.3 Å². The van der Waals surface area contributed by atoms with Crippen LogP contribution < -0.4 is 4.74 Å². The maximum absolute atomic E-state index is 12.9. The highest BCUT2D eigenvalue weighted by Crippen LogP contribution is 2.70. The van der Waals surface area contributed by atoms with E-state index in [1.807, 2.05) is 0 Å². The second-order valence-electron chi connectivity index (χ2n) is 5.97. The van der Waals surface area contributed by atoms with Crippen LogP contribution in [-0.4, -0.2) is 24.8 Å². The Labute approximate surface area is 138 Å². The van der Waals surface area contributed by atoms with E-state index in [2.05, 4.69) is 0 Å². The van der Waals surface area contributed by atoms with Crippen LogP contribution in [0.1, 0.15) is 21.8 Å². The molecule has 0 amide bonds. The van der Waals surface area contributed by atoms with E-state index < -0.39 is 29.2 Å². The average molecular weight is 322 g/mol. The van der Waals surface area contributed by atoms with Gasteiger partial charge in [0.15, 0.2) is 11.2 Å². The van der Waals surface area contributed by atoms with Crippen LogP contribution in [0.25, 0.3) is 0 Å². The zero-order valence-electron chi connectivity index (χ0n) is 12.9. The number of esters is 2. The Morgan fingerprint density at radius 1 is 1.04 bits per heavy atom. The summed E-state index contributed by atoms with van der Waals surface area (Å²) in [7, 11) is 1.21. The number of ether oxygens (including phenoxy) is 2. The van der Waals surface area contributed by atoms with Gasteiger partial charge >= 0.3 is 11.9 Å². The second kappa shape index (κ2) is 5.03. The Balaban J connectivity index is 1.85. The molecule has 2 aromatic rings. The number of para-hydroxylation sites is 1. The predicted octanol–water partition coefficient (Wildman–Crippen LogP) is 2.36. The fourth-order valence-corrected chi connectivity index (χ4v) is 3.73. The van der Waals surface area contributed by atoms with E-state index in [-0.39, 0.29) is 5.78 Å². The lowest BCUT2D eigenvalue weighted by Gasteiger charge is -2.20. The zero-order chi connectivity index (χ0) is 16.9. The molecule has 3 atom stereocenters. The molecule has 0 saturated heterocycles. The maximum atomic E-state index is 12.9. The van der Waals surface area contributed by atoms with Gasteiger partial charge < -0.3 is 9.47 Å². The van der Waals surface area contributed by atoms with Crippen molar-refractivity contribution >= 4 is 17.7 Å². The van der Waals surface area contributed by atoms with Gasteiger partial charge in [0.2, 0.25) is 0 Å².